The highest BCUT2D eigenvalue weighted by molar-refractivity contribution is 7.91. The number of aryl methyl sites for hydroxylation is 1. The molecule has 0 aliphatic heterocycles. The molecule has 7 nitrogen and oxygen atoms in total. The van der Waals surface area contributed by atoms with Gasteiger partial charge in [-0.25, -0.2) is 8.42 Å². The molecule has 0 aliphatic rings. The van der Waals surface area contributed by atoms with Gasteiger partial charge in [0.1, 0.15) is 0 Å². The topological polar surface area (TPSA) is 99.4 Å². The molecule has 0 radical (unpaired) electrons. The first-order valence-corrected chi connectivity index (χ1v) is 10.4. The largest absolute Gasteiger partial charge is 0.453 e. The second-order valence-electron chi connectivity index (χ2n) is 6.33. The van der Waals surface area contributed by atoms with Crippen molar-refractivity contribution in [2.75, 3.05) is 5.75 Å². The Labute approximate surface area is 163 Å². The summed E-state index contributed by atoms with van der Waals surface area (Å²) in [5, 5.41) is 7.84. The van der Waals surface area contributed by atoms with Crippen molar-refractivity contribution in [3.05, 3.63) is 66.1 Å². The van der Waals surface area contributed by atoms with Gasteiger partial charge in [-0.15, -0.1) is 10.2 Å². The van der Waals surface area contributed by atoms with Crippen LogP contribution in [0.3, 0.4) is 0 Å². The summed E-state index contributed by atoms with van der Waals surface area (Å²) in [6, 6.07) is 15.7. The molecule has 1 atom stereocenters. The average Bonchev–Trinajstić information content (AvgIpc) is 3.18. The summed E-state index contributed by atoms with van der Waals surface area (Å²) in [6.45, 7) is 3.46. The van der Waals surface area contributed by atoms with E-state index in [4.69, 9.17) is 9.15 Å². The van der Waals surface area contributed by atoms with E-state index in [0.29, 0.717) is 5.89 Å². The molecule has 0 saturated heterocycles. The van der Waals surface area contributed by atoms with E-state index in [1.165, 1.54) is 12.1 Å². The fraction of sp³-hybridized carbons (Fsp3) is 0.250. The second-order valence-corrected chi connectivity index (χ2v) is 8.43. The number of aromatic nitrogens is 2. The van der Waals surface area contributed by atoms with Crippen molar-refractivity contribution in [2.24, 2.45) is 0 Å². The van der Waals surface area contributed by atoms with Gasteiger partial charge in [-0.05, 0) is 38.1 Å². The van der Waals surface area contributed by atoms with Gasteiger partial charge in [0.05, 0.1) is 17.1 Å². The maximum Gasteiger partial charge on any atom is 0.307 e. The van der Waals surface area contributed by atoms with Crippen LogP contribution in [0.5, 0.6) is 0 Å². The standard InChI is InChI=1S/C20H20N2O5S/c1-14-8-10-17(11-9-14)28(24,25)13-12-18(23)26-15(2)19-21-22-20(27-19)16-6-4-3-5-7-16/h3-11,15H,12-13H2,1-2H3/t15-/m1/s1. The van der Waals surface area contributed by atoms with Gasteiger partial charge in [-0.3, -0.25) is 4.79 Å². The van der Waals surface area contributed by atoms with E-state index in [0.717, 1.165) is 11.1 Å². The van der Waals surface area contributed by atoms with E-state index < -0.39 is 21.9 Å². The lowest BCUT2D eigenvalue weighted by Gasteiger charge is -2.10. The van der Waals surface area contributed by atoms with Crippen LogP contribution >= 0.6 is 0 Å². The third-order valence-corrected chi connectivity index (χ3v) is 5.80. The Morgan fingerprint density at radius 3 is 2.43 bits per heavy atom. The van der Waals surface area contributed by atoms with Gasteiger partial charge in [0.25, 0.3) is 5.89 Å². The van der Waals surface area contributed by atoms with Crippen LogP contribution in [-0.2, 0) is 19.4 Å². The molecule has 1 heterocycles. The lowest BCUT2D eigenvalue weighted by Crippen LogP contribution is -2.15. The number of benzene rings is 2. The Balaban J connectivity index is 1.57. The third-order valence-electron chi connectivity index (χ3n) is 4.07. The summed E-state index contributed by atoms with van der Waals surface area (Å²) in [4.78, 5) is 12.2. The zero-order chi connectivity index (χ0) is 20.1. The lowest BCUT2D eigenvalue weighted by molar-refractivity contribution is -0.149. The lowest BCUT2D eigenvalue weighted by atomic mass is 10.2. The van der Waals surface area contributed by atoms with Crippen LogP contribution < -0.4 is 0 Å². The van der Waals surface area contributed by atoms with Gasteiger partial charge in [-0.2, -0.15) is 0 Å². The summed E-state index contributed by atoms with van der Waals surface area (Å²) in [5.74, 6) is -0.516. The number of carbonyl (C=O) groups is 1. The van der Waals surface area contributed by atoms with Gasteiger partial charge in [0.15, 0.2) is 15.9 Å². The molecule has 3 rings (SSSR count). The first kappa shape index (κ1) is 19.8. The Hall–Kier alpha value is -3.00. The number of esters is 1. The molecule has 1 aromatic heterocycles. The summed E-state index contributed by atoms with van der Waals surface area (Å²) in [6.07, 6.45) is -1.04. The molecule has 0 fully saturated rings. The van der Waals surface area contributed by atoms with Gasteiger partial charge in [0.2, 0.25) is 5.89 Å². The molecule has 28 heavy (non-hydrogen) atoms. The van der Waals surface area contributed by atoms with Crippen molar-refractivity contribution in [2.45, 2.75) is 31.3 Å². The van der Waals surface area contributed by atoms with Crippen LogP contribution in [0.25, 0.3) is 11.5 Å². The molecule has 0 N–H and O–H groups in total. The molecule has 146 valence electrons. The quantitative estimate of drug-likeness (QED) is 0.560. The fourth-order valence-electron chi connectivity index (χ4n) is 2.48. The van der Waals surface area contributed by atoms with Crippen molar-refractivity contribution >= 4 is 15.8 Å². The minimum Gasteiger partial charge on any atom is -0.453 e. The number of ether oxygens (including phenoxy) is 1. The van der Waals surface area contributed by atoms with E-state index in [1.54, 1.807) is 19.1 Å². The van der Waals surface area contributed by atoms with Gasteiger partial charge >= 0.3 is 5.97 Å². The van der Waals surface area contributed by atoms with Crippen LogP contribution in [0.15, 0.2) is 63.9 Å². The van der Waals surface area contributed by atoms with Gasteiger partial charge in [0, 0.05) is 5.56 Å². The Morgan fingerprint density at radius 1 is 1.07 bits per heavy atom. The van der Waals surface area contributed by atoms with Crippen molar-refractivity contribution < 1.29 is 22.4 Å². The zero-order valence-electron chi connectivity index (χ0n) is 15.5. The molecule has 0 amide bonds. The molecule has 8 heteroatoms. The fourth-order valence-corrected chi connectivity index (χ4v) is 3.71. The molecule has 2 aromatic carbocycles. The summed E-state index contributed by atoms with van der Waals surface area (Å²) < 4.78 is 35.4. The molecular weight excluding hydrogens is 380 g/mol. The van der Waals surface area contributed by atoms with Crippen LogP contribution in [0.1, 0.15) is 30.9 Å². The van der Waals surface area contributed by atoms with Crippen LogP contribution in [0.2, 0.25) is 0 Å². The van der Waals surface area contributed by atoms with E-state index in [-0.39, 0.29) is 23.0 Å². The van der Waals surface area contributed by atoms with Crippen LogP contribution in [0, 0.1) is 6.92 Å². The maximum absolute atomic E-state index is 12.3. The van der Waals surface area contributed by atoms with E-state index in [9.17, 15) is 13.2 Å². The number of hydrogen-bond acceptors (Lipinski definition) is 7. The van der Waals surface area contributed by atoms with Crippen molar-refractivity contribution in [3.8, 4) is 11.5 Å². The van der Waals surface area contributed by atoms with Crippen LogP contribution in [0.4, 0.5) is 0 Å². The molecule has 0 bridgehead atoms. The van der Waals surface area contributed by atoms with E-state index in [2.05, 4.69) is 10.2 Å². The van der Waals surface area contributed by atoms with E-state index in [1.807, 2.05) is 37.3 Å². The Morgan fingerprint density at radius 2 is 1.75 bits per heavy atom. The maximum atomic E-state index is 12.3. The summed E-state index contributed by atoms with van der Waals surface area (Å²) >= 11 is 0. The Kier molecular flexibility index (Phi) is 5.89. The monoisotopic (exact) mass is 400 g/mol. The van der Waals surface area contributed by atoms with Gasteiger partial charge < -0.3 is 9.15 Å². The zero-order valence-corrected chi connectivity index (χ0v) is 16.3. The highest BCUT2D eigenvalue weighted by atomic mass is 32.2. The number of rotatable bonds is 7. The number of nitrogens with zero attached hydrogens (tertiary/aromatic N) is 2. The van der Waals surface area contributed by atoms with Gasteiger partial charge in [-0.1, -0.05) is 35.9 Å². The van der Waals surface area contributed by atoms with E-state index >= 15 is 0 Å². The van der Waals surface area contributed by atoms with Crippen LogP contribution in [-0.4, -0.2) is 30.3 Å². The second kappa shape index (κ2) is 8.35. The predicted octanol–water partition coefficient (Wildman–Crippen LogP) is 3.51. The number of carbonyl (C=O) groups excluding carboxylic acids is 1. The minimum atomic E-state index is -3.56. The minimum absolute atomic E-state index is 0.147. The van der Waals surface area contributed by atoms with Crippen molar-refractivity contribution in [1.82, 2.24) is 10.2 Å². The first-order chi connectivity index (χ1) is 13.3. The molecule has 0 unspecified atom stereocenters. The number of hydrogen-bond donors (Lipinski definition) is 0. The first-order valence-electron chi connectivity index (χ1n) is 8.73. The molecule has 0 spiro atoms. The average molecular weight is 400 g/mol. The van der Waals surface area contributed by atoms with Crippen molar-refractivity contribution in [3.63, 3.8) is 0 Å². The Bertz CT molecular complexity index is 1040. The predicted molar refractivity (Wildman–Crippen MR) is 102 cm³/mol. The summed E-state index contributed by atoms with van der Waals surface area (Å²) in [7, 11) is -3.56. The smallest absolute Gasteiger partial charge is 0.307 e. The molecular formula is C20H20N2O5S. The normalized spacial score (nSPS) is 12.5. The highest BCUT2D eigenvalue weighted by Gasteiger charge is 2.21. The highest BCUT2D eigenvalue weighted by Crippen LogP contribution is 2.22. The SMILES string of the molecule is Cc1ccc(S(=O)(=O)CCC(=O)O[C@H](C)c2nnc(-c3ccccc3)o2)cc1. The summed E-state index contributed by atoms with van der Waals surface area (Å²) in [5.41, 5.74) is 1.71. The third kappa shape index (κ3) is 4.83. The van der Waals surface area contributed by atoms with Crippen molar-refractivity contribution in [1.29, 1.82) is 0 Å². The molecule has 3 aromatic rings. The molecule has 0 saturated carbocycles. The molecule has 0 aliphatic carbocycles. The number of sulfone groups is 1.